The summed E-state index contributed by atoms with van der Waals surface area (Å²) in [4.78, 5) is 21.9. The van der Waals surface area contributed by atoms with Crippen LogP contribution in [-0.4, -0.2) is 41.1 Å². The van der Waals surface area contributed by atoms with Crippen molar-refractivity contribution >= 4 is 23.1 Å². The van der Waals surface area contributed by atoms with E-state index in [9.17, 15) is 0 Å². The molecule has 2 aromatic heterocycles. The van der Waals surface area contributed by atoms with Gasteiger partial charge in [-0.15, -0.1) is 0 Å². The summed E-state index contributed by atoms with van der Waals surface area (Å²) in [6.07, 6.45) is 3.82. The molecule has 0 radical (unpaired) electrons. The monoisotopic (exact) mass is 503 g/mol. The second-order valence-corrected chi connectivity index (χ2v) is 9.75. The molecule has 0 amide bonds. The van der Waals surface area contributed by atoms with Gasteiger partial charge in [-0.3, -0.25) is 0 Å². The molecule has 7 heteroatoms. The third kappa shape index (κ3) is 5.37. The Kier molecular flexibility index (Phi) is 7.09. The maximum absolute atomic E-state index is 4.80. The lowest BCUT2D eigenvalue weighted by Crippen LogP contribution is -2.22. The molecule has 0 unspecified atom stereocenters. The molecule has 192 valence electrons. The van der Waals surface area contributed by atoms with Gasteiger partial charge in [-0.1, -0.05) is 54.6 Å². The number of H-pyrrole nitrogens is 1. The van der Waals surface area contributed by atoms with Crippen LogP contribution in [-0.2, 0) is 6.54 Å². The second-order valence-electron chi connectivity index (χ2n) is 9.75. The van der Waals surface area contributed by atoms with Gasteiger partial charge in [-0.2, -0.15) is 4.98 Å². The van der Waals surface area contributed by atoms with Crippen LogP contribution in [0.1, 0.15) is 16.7 Å². The van der Waals surface area contributed by atoms with Crippen LogP contribution in [0.4, 0.5) is 23.1 Å². The van der Waals surface area contributed by atoms with Gasteiger partial charge in [0, 0.05) is 61.9 Å². The number of hydrogen-bond donors (Lipinski definition) is 2. The number of aryl methyl sites for hydroxylation is 2. The van der Waals surface area contributed by atoms with Crippen molar-refractivity contribution in [2.45, 2.75) is 20.4 Å². The van der Waals surface area contributed by atoms with E-state index in [2.05, 4.69) is 83.5 Å². The molecule has 5 aromatic rings. The van der Waals surface area contributed by atoms with Crippen LogP contribution in [0.15, 0.2) is 85.2 Å². The van der Waals surface area contributed by atoms with Crippen LogP contribution in [0.5, 0.6) is 0 Å². The molecule has 0 aliphatic rings. The van der Waals surface area contributed by atoms with Crippen molar-refractivity contribution in [1.29, 1.82) is 0 Å². The number of hydrogen-bond acceptors (Lipinski definition) is 6. The molecule has 0 spiro atoms. The first-order valence-electron chi connectivity index (χ1n) is 12.7. The summed E-state index contributed by atoms with van der Waals surface area (Å²) >= 11 is 0. The van der Waals surface area contributed by atoms with Gasteiger partial charge < -0.3 is 20.1 Å². The molecule has 0 saturated heterocycles. The smallest absolute Gasteiger partial charge is 0.229 e. The van der Waals surface area contributed by atoms with Crippen LogP contribution >= 0.6 is 0 Å². The summed E-state index contributed by atoms with van der Waals surface area (Å²) in [6, 6.07) is 24.8. The number of benzene rings is 3. The molecule has 0 bridgehead atoms. The van der Waals surface area contributed by atoms with E-state index in [0.717, 1.165) is 45.4 Å². The third-order valence-electron chi connectivity index (χ3n) is 6.61. The highest BCUT2D eigenvalue weighted by molar-refractivity contribution is 5.70. The van der Waals surface area contributed by atoms with Crippen LogP contribution < -0.4 is 15.1 Å². The summed E-state index contributed by atoms with van der Waals surface area (Å²) in [6.45, 7) is 4.91. The average Bonchev–Trinajstić information content (AvgIpc) is 3.40. The largest absolute Gasteiger partial charge is 0.370 e. The first kappa shape index (κ1) is 25.0. The number of rotatable bonds is 8. The van der Waals surface area contributed by atoms with Gasteiger partial charge in [0.2, 0.25) is 5.95 Å². The van der Waals surface area contributed by atoms with Crippen molar-refractivity contribution in [2.24, 2.45) is 0 Å². The lowest BCUT2D eigenvalue weighted by atomic mass is 10.1. The summed E-state index contributed by atoms with van der Waals surface area (Å²) in [7, 11) is 6.11. The van der Waals surface area contributed by atoms with E-state index in [1.54, 1.807) is 0 Å². The highest BCUT2D eigenvalue weighted by Gasteiger charge is 2.15. The highest BCUT2D eigenvalue weighted by Crippen LogP contribution is 2.30. The standard InChI is InChI=1S/C31H33N7/c1-21-11-9-10-14-26(21)27-19-32-29(35-27)23-16-15-22(2)28(17-23)38(5)20-24-18-33-31(36-30(24)37(3)4)34-25-12-7-6-8-13-25/h6-19H,20H2,1-5H3,(H,32,35)(H,33,34,36). The van der Waals surface area contributed by atoms with Crippen molar-refractivity contribution in [3.05, 3.63) is 102 Å². The minimum absolute atomic E-state index is 0.576. The Morgan fingerprint density at radius 2 is 1.58 bits per heavy atom. The van der Waals surface area contributed by atoms with Gasteiger partial charge in [0.15, 0.2) is 0 Å². The maximum Gasteiger partial charge on any atom is 0.229 e. The van der Waals surface area contributed by atoms with E-state index in [1.165, 1.54) is 11.1 Å². The normalized spacial score (nSPS) is 10.9. The van der Waals surface area contributed by atoms with Crippen molar-refractivity contribution < 1.29 is 0 Å². The molecule has 7 nitrogen and oxygen atoms in total. The molecule has 0 saturated carbocycles. The number of aromatic nitrogens is 4. The molecule has 0 aliphatic heterocycles. The summed E-state index contributed by atoms with van der Waals surface area (Å²) in [5, 5.41) is 3.29. The molecule has 0 atom stereocenters. The van der Waals surface area contributed by atoms with Gasteiger partial charge in [-0.25, -0.2) is 9.97 Å². The molecular weight excluding hydrogens is 470 g/mol. The number of nitrogens with one attached hydrogen (secondary N) is 2. The molecule has 2 heterocycles. The van der Waals surface area contributed by atoms with E-state index < -0.39 is 0 Å². The Balaban J connectivity index is 1.39. The summed E-state index contributed by atoms with van der Waals surface area (Å²) < 4.78 is 0. The first-order chi connectivity index (χ1) is 18.4. The maximum atomic E-state index is 4.80. The second kappa shape index (κ2) is 10.8. The van der Waals surface area contributed by atoms with Crippen molar-refractivity contribution in [1.82, 2.24) is 19.9 Å². The Morgan fingerprint density at radius 1 is 0.816 bits per heavy atom. The predicted molar refractivity (Wildman–Crippen MR) is 157 cm³/mol. The van der Waals surface area contributed by atoms with Crippen molar-refractivity contribution in [3.63, 3.8) is 0 Å². The van der Waals surface area contributed by atoms with Gasteiger partial charge in [0.1, 0.15) is 11.6 Å². The lowest BCUT2D eigenvalue weighted by molar-refractivity contribution is 0.885. The number of imidazole rings is 1. The van der Waals surface area contributed by atoms with Crippen LogP contribution in [0.3, 0.4) is 0 Å². The summed E-state index contributed by atoms with van der Waals surface area (Å²) in [5.41, 5.74) is 8.77. The van der Waals surface area contributed by atoms with Gasteiger partial charge in [0.25, 0.3) is 0 Å². The molecular formula is C31H33N7. The lowest BCUT2D eigenvalue weighted by Gasteiger charge is -2.25. The fourth-order valence-electron chi connectivity index (χ4n) is 4.60. The zero-order chi connectivity index (χ0) is 26.6. The molecule has 5 rings (SSSR count). The van der Waals surface area contributed by atoms with E-state index in [4.69, 9.17) is 9.97 Å². The van der Waals surface area contributed by atoms with Crippen molar-refractivity contribution in [3.8, 4) is 22.6 Å². The van der Waals surface area contributed by atoms with E-state index in [1.807, 2.05) is 61.7 Å². The predicted octanol–water partition coefficient (Wildman–Crippen LogP) is 6.60. The topological polar surface area (TPSA) is 73.0 Å². The van der Waals surface area contributed by atoms with Crippen LogP contribution in [0, 0.1) is 13.8 Å². The van der Waals surface area contributed by atoms with Gasteiger partial charge in [0.05, 0.1) is 11.9 Å². The van der Waals surface area contributed by atoms with Crippen LogP contribution in [0.2, 0.25) is 0 Å². The van der Waals surface area contributed by atoms with Gasteiger partial charge in [-0.05, 0) is 43.2 Å². The van der Waals surface area contributed by atoms with E-state index >= 15 is 0 Å². The fraction of sp³-hybridized carbons (Fsp3) is 0.194. The van der Waals surface area contributed by atoms with Crippen LogP contribution in [0.25, 0.3) is 22.6 Å². The quantitative estimate of drug-likeness (QED) is 0.249. The molecule has 38 heavy (non-hydrogen) atoms. The Labute approximate surface area is 224 Å². The van der Waals surface area contributed by atoms with Gasteiger partial charge >= 0.3 is 0 Å². The number of nitrogens with zero attached hydrogens (tertiary/aromatic N) is 5. The third-order valence-corrected chi connectivity index (χ3v) is 6.61. The van der Waals surface area contributed by atoms with E-state index in [0.29, 0.717) is 12.5 Å². The molecule has 0 fully saturated rings. The minimum Gasteiger partial charge on any atom is -0.370 e. The van der Waals surface area contributed by atoms with Crippen molar-refractivity contribution in [2.75, 3.05) is 36.3 Å². The Morgan fingerprint density at radius 3 is 2.34 bits per heavy atom. The average molecular weight is 504 g/mol. The molecule has 3 aromatic carbocycles. The number of aromatic amines is 1. The number of para-hydroxylation sites is 1. The molecule has 0 aliphatic carbocycles. The SMILES string of the molecule is Cc1ccccc1-c1cnc(-c2ccc(C)c(N(C)Cc3cnc(Nc4ccccc4)nc3N(C)C)c2)[nH]1. The number of anilines is 4. The minimum atomic E-state index is 0.576. The first-order valence-corrected chi connectivity index (χ1v) is 12.7. The Hall–Kier alpha value is -4.65. The zero-order valence-electron chi connectivity index (χ0n) is 22.5. The van der Waals surface area contributed by atoms with E-state index in [-0.39, 0.29) is 0 Å². The zero-order valence-corrected chi connectivity index (χ0v) is 22.5. The highest BCUT2D eigenvalue weighted by atomic mass is 15.2. The Bertz CT molecular complexity index is 1540. The summed E-state index contributed by atoms with van der Waals surface area (Å²) in [5.74, 6) is 2.31. The molecule has 2 N–H and O–H groups in total. The fourth-order valence-corrected chi connectivity index (χ4v) is 4.60.